The molecule has 0 aliphatic rings. The van der Waals surface area contributed by atoms with Crippen molar-refractivity contribution in [1.29, 1.82) is 0 Å². The number of sulfone groups is 1. The number of rotatable bonds is 4. The van der Waals surface area contributed by atoms with E-state index in [1.807, 2.05) is 0 Å². The van der Waals surface area contributed by atoms with E-state index < -0.39 is 27.3 Å². The predicted octanol–water partition coefficient (Wildman–Crippen LogP) is 1.82. The Morgan fingerprint density at radius 1 is 1.05 bits per heavy atom. The number of nitrogens with one attached hydrogen (secondary N) is 1. The Bertz CT molecular complexity index is 741. The SMILES string of the molecule is Nc1ccc(S(=O)(=O)CC(=O)Nc2ccc(F)cc2)cc1. The first-order chi connectivity index (χ1) is 9.87. The van der Waals surface area contributed by atoms with Crippen LogP contribution in [0.5, 0.6) is 0 Å². The Morgan fingerprint density at radius 2 is 1.62 bits per heavy atom. The largest absolute Gasteiger partial charge is 0.399 e. The van der Waals surface area contributed by atoms with Crippen LogP contribution in [0.2, 0.25) is 0 Å². The van der Waals surface area contributed by atoms with Crippen molar-refractivity contribution in [2.24, 2.45) is 0 Å². The van der Waals surface area contributed by atoms with Crippen molar-refractivity contribution in [1.82, 2.24) is 0 Å². The third kappa shape index (κ3) is 4.03. The summed E-state index contributed by atoms with van der Waals surface area (Å²) in [5, 5.41) is 2.40. The molecule has 110 valence electrons. The number of halogens is 1. The minimum atomic E-state index is -3.75. The van der Waals surface area contributed by atoms with Crippen LogP contribution in [0.1, 0.15) is 0 Å². The van der Waals surface area contributed by atoms with Gasteiger partial charge in [-0.25, -0.2) is 12.8 Å². The maximum Gasteiger partial charge on any atom is 0.239 e. The van der Waals surface area contributed by atoms with E-state index in [0.717, 1.165) is 0 Å². The van der Waals surface area contributed by atoms with Gasteiger partial charge in [-0.1, -0.05) is 0 Å². The fourth-order valence-electron chi connectivity index (χ4n) is 1.66. The summed E-state index contributed by atoms with van der Waals surface area (Å²) in [6.45, 7) is 0. The molecule has 0 aliphatic heterocycles. The lowest BCUT2D eigenvalue weighted by atomic mass is 10.3. The van der Waals surface area contributed by atoms with Crippen LogP contribution in [0, 0.1) is 5.82 Å². The summed E-state index contributed by atoms with van der Waals surface area (Å²) in [4.78, 5) is 11.8. The van der Waals surface area contributed by atoms with Crippen LogP contribution >= 0.6 is 0 Å². The third-order valence-corrected chi connectivity index (χ3v) is 4.32. The molecule has 0 saturated heterocycles. The Morgan fingerprint density at radius 3 is 2.19 bits per heavy atom. The molecule has 0 saturated carbocycles. The number of carbonyl (C=O) groups is 1. The number of carbonyl (C=O) groups excluding carboxylic acids is 1. The summed E-state index contributed by atoms with van der Waals surface area (Å²) in [5.74, 6) is -1.84. The second-order valence-electron chi connectivity index (χ2n) is 4.38. The Hall–Kier alpha value is -2.41. The quantitative estimate of drug-likeness (QED) is 0.843. The van der Waals surface area contributed by atoms with E-state index in [1.54, 1.807) is 0 Å². The first-order valence-electron chi connectivity index (χ1n) is 6.00. The number of amides is 1. The molecule has 0 aliphatic carbocycles. The van der Waals surface area contributed by atoms with Crippen LogP contribution in [0.3, 0.4) is 0 Å². The number of nitrogen functional groups attached to an aromatic ring is 1. The van der Waals surface area contributed by atoms with Gasteiger partial charge in [0.05, 0.1) is 4.90 Å². The van der Waals surface area contributed by atoms with Crippen LogP contribution in [-0.2, 0) is 14.6 Å². The van der Waals surface area contributed by atoms with Gasteiger partial charge < -0.3 is 11.1 Å². The van der Waals surface area contributed by atoms with Crippen molar-refractivity contribution >= 4 is 27.1 Å². The normalized spacial score (nSPS) is 11.1. The van der Waals surface area contributed by atoms with Crippen LogP contribution < -0.4 is 11.1 Å². The molecule has 0 aromatic heterocycles. The average molecular weight is 308 g/mol. The van der Waals surface area contributed by atoms with Gasteiger partial charge in [-0.2, -0.15) is 0 Å². The molecule has 2 aromatic carbocycles. The van der Waals surface area contributed by atoms with E-state index in [2.05, 4.69) is 5.32 Å². The van der Waals surface area contributed by atoms with E-state index in [9.17, 15) is 17.6 Å². The van der Waals surface area contributed by atoms with Gasteiger partial charge in [0.2, 0.25) is 5.91 Å². The summed E-state index contributed by atoms with van der Waals surface area (Å²) < 4.78 is 36.8. The number of anilines is 2. The second kappa shape index (κ2) is 5.92. The number of hydrogen-bond donors (Lipinski definition) is 2. The van der Waals surface area contributed by atoms with Crippen LogP contribution in [0.4, 0.5) is 15.8 Å². The molecule has 21 heavy (non-hydrogen) atoms. The molecule has 0 heterocycles. The molecule has 2 rings (SSSR count). The molecule has 5 nitrogen and oxygen atoms in total. The van der Waals surface area contributed by atoms with Crippen molar-refractivity contribution in [2.75, 3.05) is 16.8 Å². The highest BCUT2D eigenvalue weighted by Gasteiger charge is 2.19. The monoisotopic (exact) mass is 308 g/mol. The van der Waals surface area contributed by atoms with Gasteiger partial charge in [-0.3, -0.25) is 4.79 Å². The average Bonchev–Trinajstić information content (AvgIpc) is 2.41. The van der Waals surface area contributed by atoms with Crippen molar-refractivity contribution < 1.29 is 17.6 Å². The number of nitrogens with two attached hydrogens (primary N) is 1. The smallest absolute Gasteiger partial charge is 0.239 e. The highest BCUT2D eigenvalue weighted by Crippen LogP contribution is 2.14. The fourth-order valence-corrected chi connectivity index (χ4v) is 2.80. The zero-order valence-electron chi connectivity index (χ0n) is 10.9. The van der Waals surface area contributed by atoms with Gasteiger partial charge in [0, 0.05) is 11.4 Å². The molecule has 0 atom stereocenters. The Balaban J connectivity index is 2.07. The minimum Gasteiger partial charge on any atom is -0.399 e. The first kappa shape index (κ1) is 15.0. The molecular formula is C14H13FN2O3S. The topological polar surface area (TPSA) is 89.3 Å². The molecular weight excluding hydrogens is 295 g/mol. The van der Waals surface area contributed by atoms with Gasteiger partial charge in [0.1, 0.15) is 11.6 Å². The van der Waals surface area contributed by atoms with Crippen molar-refractivity contribution in [3.63, 3.8) is 0 Å². The van der Waals surface area contributed by atoms with Gasteiger partial charge in [-0.05, 0) is 48.5 Å². The molecule has 0 radical (unpaired) electrons. The van der Waals surface area contributed by atoms with Gasteiger partial charge in [-0.15, -0.1) is 0 Å². The minimum absolute atomic E-state index is 0.0194. The fraction of sp³-hybridized carbons (Fsp3) is 0.0714. The van der Waals surface area contributed by atoms with E-state index in [-0.39, 0.29) is 4.90 Å². The van der Waals surface area contributed by atoms with Gasteiger partial charge in [0.15, 0.2) is 9.84 Å². The lowest BCUT2D eigenvalue weighted by Gasteiger charge is -2.07. The van der Waals surface area contributed by atoms with Gasteiger partial charge in [0.25, 0.3) is 0 Å². The third-order valence-electron chi connectivity index (χ3n) is 2.69. The second-order valence-corrected chi connectivity index (χ2v) is 6.37. The van der Waals surface area contributed by atoms with E-state index >= 15 is 0 Å². The van der Waals surface area contributed by atoms with Crippen molar-refractivity contribution in [3.8, 4) is 0 Å². The maximum atomic E-state index is 12.7. The zero-order valence-corrected chi connectivity index (χ0v) is 11.7. The molecule has 0 spiro atoms. The summed E-state index contributed by atoms with van der Waals surface area (Å²) in [5.41, 5.74) is 6.24. The summed E-state index contributed by atoms with van der Waals surface area (Å²) >= 11 is 0. The van der Waals surface area contributed by atoms with Crippen LogP contribution in [-0.4, -0.2) is 20.1 Å². The number of benzene rings is 2. The Labute approximate surface area is 121 Å². The summed E-state index contributed by atoms with van der Waals surface area (Å²) in [7, 11) is -3.75. The maximum absolute atomic E-state index is 12.7. The molecule has 0 bridgehead atoms. The van der Waals surface area contributed by atoms with Crippen LogP contribution in [0.25, 0.3) is 0 Å². The molecule has 0 fully saturated rings. The highest BCUT2D eigenvalue weighted by atomic mass is 32.2. The van der Waals surface area contributed by atoms with Crippen molar-refractivity contribution in [2.45, 2.75) is 4.90 Å². The van der Waals surface area contributed by atoms with Crippen molar-refractivity contribution in [3.05, 3.63) is 54.3 Å². The lowest BCUT2D eigenvalue weighted by Crippen LogP contribution is -2.23. The van der Waals surface area contributed by atoms with Crippen LogP contribution in [0.15, 0.2) is 53.4 Å². The predicted molar refractivity (Wildman–Crippen MR) is 77.9 cm³/mol. The zero-order chi connectivity index (χ0) is 15.5. The molecule has 7 heteroatoms. The first-order valence-corrected chi connectivity index (χ1v) is 7.66. The standard InChI is InChI=1S/C14H13FN2O3S/c15-10-1-5-12(6-2-10)17-14(18)9-21(19,20)13-7-3-11(16)4-8-13/h1-8H,9,16H2,(H,17,18). The molecule has 2 aromatic rings. The Kier molecular flexibility index (Phi) is 4.23. The van der Waals surface area contributed by atoms with E-state index in [1.165, 1.54) is 48.5 Å². The molecule has 3 N–H and O–H groups in total. The van der Waals surface area contributed by atoms with E-state index in [0.29, 0.717) is 11.4 Å². The molecule has 0 unspecified atom stereocenters. The van der Waals surface area contributed by atoms with E-state index in [4.69, 9.17) is 5.73 Å². The lowest BCUT2D eigenvalue weighted by molar-refractivity contribution is -0.113. The summed E-state index contributed by atoms with van der Waals surface area (Å²) in [6.07, 6.45) is 0. The van der Waals surface area contributed by atoms with Gasteiger partial charge >= 0.3 is 0 Å². The number of hydrogen-bond acceptors (Lipinski definition) is 4. The highest BCUT2D eigenvalue weighted by molar-refractivity contribution is 7.92. The summed E-state index contributed by atoms with van der Waals surface area (Å²) in [6, 6.07) is 10.6. The molecule has 1 amide bonds.